The molecule has 0 unspecified atom stereocenters. The Labute approximate surface area is 86.8 Å². The molecular formula is C11H10N2O2. The number of nitriles is 1. The van der Waals surface area contributed by atoms with Gasteiger partial charge in [-0.1, -0.05) is 0 Å². The van der Waals surface area contributed by atoms with E-state index in [4.69, 9.17) is 5.26 Å². The maximum Gasteiger partial charge on any atom is 0.251 e. The summed E-state index contributed by atoms with van der Waals surface area (Å²) in [5, 5.41) is 8.66. The molecule has 1 saturated carbocycles. The minimum atomic E-state index is -0.233. The van der Waals surface area contributed by atoms with Gasteiger partial charge in [0.05, 0.1) is 12.1 Å². The maximum atomic E-state index is 11.5. The van der Waals surface area contributed by atoms with E-state index >= 15 is 0 Å². The smallest absolute Gasteiger partial charge is 0.251 e. The third kappa shape index (κ3) is 2.13. The largest absolute Gasteiger partial charge is 0.307 e. The number of hydrogen-bond acceptors (Lipinski definition) is 3. The summed E-state index contributed by atoms with van der Waals surface area (Å²) in [5.41, 5.74) is 0.168. The molecule has 1 aliphatic rings. The predicted molar refractivity (Wildman–Crippen MR) is 53.1 cm³/mol. The lowest BCUT2D eigenvalue weighted by Gasteiger charge is -2.03. The minimum Gasteiger partial charge on any atom is -0.307 e. The van der Waals surface area contributed by atoms with Gasteiger partial charge in [-0.25, -0.2) is 0 Å². The highest BCUT2D eigenvalue weighted by Crippen LogP contribution is 2.30. The highest BCUT2D eigenvalue weighted by Gasteiger charge is 2.29. The van der Waals surface area contributed by atoms with Crippen molar-refractivity contribution in [1.29, 1.82) is 5.26 Å². The zero-order valence-corrected chi connectivity index (χ0v) is 8.14. The second-order valence-electron chi connectivity index (χ2n) is 3.74. The summed E-state index contributed by atoms with van der Waals surface area (Å²) in [5.74, 6) is 0.231. The Hall–Kier alpha value is -1.89. The fourth-order valence-corrected chi connectivity index (χ4v) is 1.42. The zero-order valence-electron chi connectivity index (χ0n) is 8.14. The summed E-state index contributed by atoms with van der Waals surface area (Å²) in [7, 11) is 0. The third-order valence-corrected chi connectivity index (χ3v) is 2.47. The Bertz CT molecular complexity index is 492. The van der Waals surface area contributed by atoms with E-state index < -0.39 is 0 Å². The molecule has 4 nitrogen and oxygen atoms in total. The van der Waals surface area contributed by atoms with Gasteiger partial charge in [-0.15, -0.1) is 0 Å². The molecule has 1 heterocycles. The van der Waals surface area contributed by atoms with Crippen LogP contribution in [0.4, 0.5) is 0 Å². The van der Waals surface area contributed by atoms with Crippen molar-refractivity contribution >= 4 is 5.78 Å². The van der Waals surface area contributed by atoms with E-state index in [9.17, 15) is 9.59 Å². The molecule has 1 aromatic heterocycles. The van der Waals surface area contributed by atoms with Crippen LogP contribution in [-0.4, -0.2) is 10.4 Å². The fourth-order valence-electron chi connectivity index (χ4n) is 1.42. The molecule has 0 aromatic carbocycles. The van der Waals surface area contributed by atoms with Gasteiger partial charge in [0, 0.05) is 18.2 Å². The summed E-state index contributed by atoms with van der Waals surface area (Å²) < 4.78 is 1.30. The SMILES string of the molecule is N#Cc1ccc(=O)n(CC(=O)C2CC2)c1. The number of carbonyl (C=O) groups is 1. The number of rotatable bonds is 3. The normalized spacial score (nSPS) is 14.6. The van der Waals surface area contributed by atoms with Crippen LogP contribution in [0.5, 0.6) is 0 Å². The summed E-state index contributed by atoms with van der Waals surface area (Å²) in [6.07, 6.45) is 3.31. The molecule has 2 rings (SSSR count). The molecule has 15 heavy (non-hydrogen) atoms. The van der Waals surface area contributed by atoms with Crippen molar-refractivity contribution in [1.82, 2.24) is 4.57 Å². The number of aromatic nitrogens is 1. The van der Waals surface area contributed by atoms with E-state index in [0.717, 1.165) is 12.8 Å². The van der Waals surface area contributed by atoms with E-state index in [1.807, 2.05) is 6.07 Å². The Balaban J connectivity index is 2.23. The second kappa shape index (κ2) is 3.70. The van der Waals surface area contributed by atoms with Crippen LogP contribution in [0, 0.1) is 17.2 Å². The molecule has 0 spiro atoms. The first-order chi connectivity index (χ1) is 7.20. The molecule has 0 radical (unpaired) electrons. The van der Waals surface area contributed by atoms with Crippen LogP contribution >= 0.6 is 0 Å². The van der Waals surface area contributed by atoms with Crippen LogP contribution in [0.1, 0.15) is 18.4 Å². The molecule has 0 bridgehead atoms. The van der Waals surface area contributed by atoms with Gasteiger partial charge in [0.1, 0.15) is 6.07 Å². The molecule has 0 aliphatic heterocycles. The summed E-state index contributed by atoms with van der Waals surface area (Å²) >= 11 is 0. The molecule has 76 valence electrons. The molecular weight excluding hydrogens is 192 g/mol. The Morgan fingerprint density at radius 1 is 1.53 bits per heavy atom. The van der Waals surface area contributed by atoms with Gasteiger partial charge in [0.25, 0.3) is 5.56 Å². The number of pyridine rings is 1. The van der Waals surface area contributed by atoms with Crippen LogP contribution in [0.2, 0.25) is 0 Å². The van der Waals surface area contributed by atoms with Crippen molar-refractivity contribution in [3.05, 3.63) is 34.2 Å². The van der Waals surface area contributed by atoms with E-state index in [-0.39, 0.29) is 23.8 Å². The van der Waals surface area contributed by atoms with E-state index in [0.29, 0.717) is 5.56 Å². The van der Waals surface area contributed by atoms with Gasteiger partial charge in [-0.05, 0) is 18.9 Å². The Morgan fingerprint density at radius 3 is 2.87 bits per heavy atom. The molecule has 0 saturated heterocycles. The Kier molecular flexibility index (Phi) is 2.38. The van der Waals surface area contributed by atoms with Gasteiger partial charge in [0.2, 0.25) is 0 Å². The van der Waals surface area contributed by atoms with Crippen LogP contribution in [0.15, 0.2) is 23.1 Å². The number of hydrogen-bond donors (Lipinski definition) is 0. The highest BCUT2D eigenvalue weighted by molar-refractivity contribution is 5.82. The number of Topliss-reactive ketones (excluding diaryl/α,β-unsaturated/α-hetero) is 1. The van der Waals surface area contributed by atoms with Crippen molar-refractivity contribution in [2.75, 3.05) is 0 Å². The summed E-state index contributed by atoms with van der Waals surface area (Å²) in [6, 6.07) is 4.72. The first-order valence-electron chi connectivity index (χ1n) is 4.84. The molecule has 4 heteroatoms. The van der Waals surface area contributed by atoms with E-state index in [1.165, 1.54) is 22.9 Å². The zero-order chi connectivity index (χ0) is 10.8. The maximum absolute atomic E-state index is 11.5. The van der Waals surface area contributed by atoms with Crippen molar-refractivity contribution in [3.8, 4) is 6.07 Å². The minimum absolute atomic E-state index is 0.0900. The van der Waals surface area contributed by atoms with Crippen LogP contribution < -0.4 is 5.56 Å². The molecule has 0 atom stereocenters. The van der Waals surface area contributed by atoms with Gasteiger partial charge < -0.3 is 4.57 Å². The molecule has 1 aliphatic carbocycles. The predicted octanol–water partition coefficient (Wildman–Crippen LogP) is 0.699. The lowest BCUT2D eigenvalue weighted by molar-refractivity contribution is -0.120. The van der Waals surface area contributed by atoms with Crippen LogP contribution in [0.25, 0.3) is 0 Å². The van der Waals surface area contributed by atoms with Crippen molar-refractivity contribution < 1.29 is 4.79 Å². The molecule has 1 fully saturated rings. The topological polar surface area (TPSA) is 62.9 Å². The van der Waals surface area contributed by atoms with Gasteiger partial charge in [-0.2, -0.15) is 5.26 Å². The van der Waals surface area contributed by atoms with Crippen molar-refractivity contribution in [2.45, 2.75) is 19.4 Å². The summed E-state index contributed by atoms with van der Waals surface area (Å²) in [6.45, 7) is 0.0962. The summed E-state index contributed by atoms with van der Waals surface area (Å²) in [4.78, 5) is 22.9. The third-order valence-electron chi connectivity index (χ3n) is 2.47. The van der Waals surface area contributed by atoms with Gasteiger partial charge in [0.15, 0.2) is 5.78 Å². The number of carbonyl (C=O) groups excluding carboxylic acids is 1. The first kappa shape index (κ1) is 9.66. The molecule has 1 aromatic rings. The molecule has 0 N–H and O–H groups in total. The highest BCUT2D eigenvalue weighted by atomic mass is 16.1. The van der Waals surface area contributed by atoms with E-state index in [1.54, 1.807) is 0 Å². The lowest BCUT2D eigenvalue weighted by Crippen LogP contribution is -2.23. The quantitative estimate of drug-likeness (QED) is 0.724. The first-order valence-corrected chi connectivity index (χ1v) is 4.84. The monoisotopic (exact) mass is 202 g/mol. The van der Waals surface area contributed by atoms with Gasteiger partial charge >= 0.3 is 0 Å². The van der Waals surface area contributed by atoms with Crippen molar-refractivity contribution in [2.24, 2.45) is 5.92 Å². The lowest BCUT2D eigenvalue weighted by atomic mass is 10.2. The van der Waals surface area contributed by atoms with Gasteiger partial charge in [-0.3, -0.25) is 9.59 Å². The molecule has 0 amide bonds. The number of ketones is 1. The fraction of sp³-hybridized carbons (Fsp3) is 0.364. The van der Waals surface area contributed by atoms with Crippen molar-refractivity contribution in [3.63, 3.8) is 0 Å². The van der Waals surface area contributed by atoms with E-state index in [2.05, 4.69) is 0 Å². The average molecular weight is 202 g/mol. The number of nitrogens with zero attached hydrogens (tertiary/aromatic N) is 2. The Morgan fingerprint density at radius 2 is 2.27 bits per heavy atom. The average Bonchev–Trinajstić information content (AvgIpc) is 3.04. The van der Waals surface area contributed by atoms with Crippen LogP contribution in [-0.2, 0) is 11.3 Å². The second-order valence-corrected chi connectivity index (χ2v) is 3.74. The van der Waals surface area contributed by atoms with Crippen LogP contribution in [0.3, 0.4) is 0 Å². The standard InChI is InChI=1S/C11H10N2O2/c12-5-8-1-4-11(15)13(6-8)7-10(14)9-2-3-9/h1,4,6,9H,2-3,7H2.